The maximum absolute atomic E-state index is 12.3. The molecule has 2 rings (SSSR count). The average molecular weight is 214 g/mol. The molecule has 0 nitrogen and oxygen atoms in total. The predicted octanol–water partition coefficient (Wildman–Crippen LogP) is 0.123. The summed E-state index contributed by atoms with van der Waals surface area (Å²) in [6, 6.07) is 0. The van der Waals surface area contributed by atoms with Gasteiger partial charge in [0.25, 0.3) is 0 Å². The van der Waals surface area contributed by atoms with Crippen LogP contribution in [0.1, 0.15) is 25.7 Å². The second kappa shape index (κ2) is 4.39. The molecule has 0 N–H and O–H groups in total. The van der Waals surface area contributed by atoms with Crippen LogP contribution in [0.25, 0.3) is 0 Å². The molecular weight excluding hydrogens is 203 g/mol. The Morgan fingerprint density at radius 3 is 2.46 bits per heavy atom. The van der Waals surface area contributed by atoms with Gasteiger partial charge in [-0.1, -0.05) is 6.42 Å². The van der Waals surface area contributed by atoms with E-state index < -0.39 is 6.98 Å². The molecule has 0 aromatic carbocycles. The third-order valence-electron chi connectivity index (χ3n) is 2.98. The molecule has 0 radical (unpaired) electrons. The Balaban J connectivity index is 0.000000845. The van der Waals surface area contributed by atoms with Crippen LogP contribution in [0.15, 0.2) is 11.5 Å². The summed E-state index contributed by atoms with van der Waals surface area (Å²) in [7, 11) is 0. The van der Waals surface area contributed by atoms with E-state index >= 15 is 0 Å². The van der Waals surface area contributed by atoms with Crippen molar-refractivity contribution in [3.8, 4) is 0 Å². The van der Waals surface area contributed by atoms with Crippen LogP contribution >= 0.6 is 0 Å². The standard InChI is InChI=1S/C8H11BF3.K/c10-9(11,12)8-4-6-1-2-7(3-6)5-8;/h4,6-7H,1-3,5H2;/q-1;+1. The molecule has 2 aliphatic rings. The van der Waals surface area contributed by atoms with Gasteiger partial charge in [-0.2, -0.15) is 0 Å². The summed E-state index contributed by atoms with van der Waals surface area (Å²) in [5, 5.41) is 0. The zero-order chi connectivity index (χ0) is 8.77. The molecule has 0 amide bonds. The molecule has 2 atom stereocenters. The average Bonchev–Trinajstić information content (AvgIpc) is 2.28. The monoisotopic (exact) mass is 214 g/mol. The van der Waals surface area contributed by atoms with Gasteiger partial charge in [-0.15, -0.1) is 11.5 Å². The number of rotatable bonds is 1. The maximum Gasteiger partial charge on any atom is 1.00 e. The molecule has 13 heavy (non-hydrogen) atoms. The molecule has 5 heteroatoms. The van der Waals surface area contributed by atoms with Crippen LogP contribution in [0.2, 0.25) is 0 Å². The van der Waals surface area contributed by atoms with E-state index in [1.165, 1.54) is 6.08 Å². The van der Waals surface area contributed by atoms with Crippen molar-refractivity contribution in [2.75, 3.05) is 0 Å². The minimum atomic E-state index is -4.68. The minimum absolute atomic E-state index is 0. The number of allylic oxidation sites excluding steroid dienone is 2. The Bertz CT molecular complexity index is 224. The van der Waals surface area contributed by atoms with E-state index in [9.17, 15) is 12.9 Å². The Morgan fingerprint density at radius 2 is 1.92 bits per heavy atom. The first-order valence-electron chi connectivity index (χ1n) is 4.46. The SMILES string of the molecule is F[B-](F)(F)C1=CC2CCC(C1)C2.[K+]. The smallest absolute Gasteiger partial charge is 0.445 e. The van der Waals surface area contributed by atoms with Gasteiger partial charge < -0.3 is 12.9 Å². The van der Waals surface area contributed by atoms with E-state index in [0.29, 0.717) is 12.3 Å². The fourth-order valence-corrected chi connectivity index (χ4v) is 2.40. The molecule has 68 valence electrons. The Morgan fingerprint density at radius 1 is 1.23 bits per heavy atom. The summed E-state index contributed by atoms with van der Waals surface area (Å²) >= 11 is 0. The molecule has 0 heterocycles. The van der Waals surface area contributed by atoms with Crippen molar-refractivity contribution in [2.45, 2.75) is 25.7 Å². The van der Waals surface area contributed by atoms with E-state index in [-0.39, 0.29) is 62.8 Å². The van der Waals surface area contributed by atoms with Gasteiger partial charge in [-0.3, -0.25) is 0 Å². The van der Waals surface area contributed by atoms with Crippen molar-refractivity contribution in [2.24, 2.45) is 11.8 Å². The molecule has 0 spiro atoms. The first-order chi connectivity index (χ1) is 5.55. The van der Waals surface area contributed by atoms with Crippen molar-refractivity contribution < 1.29 is 64.3 Å². The molecule has 2 aliphatic carbocycles. The Kier molecular flexibility index (Phi) is 4.16. The largest absolute Gasteiger partial charge is 1.00 e. The van der Waals surface area contributed by atoms with Gasteiger partial charge in [0.2, 0.25) is 0 Å². The quantitative estimate of drug-likeness (QED) is 0.544. The van der Waals surface area contributed by atoms with Gasteiger partial charge in [0.15, 0.2) is 0 Å². The minimum Gasteiger partial charge on any atom is -0.445 e. The first kappa shape index (κ1) is 12.3. The van der Waals surface area contributed by atoms with Crippen LogP contribution in [0.3, 0.4) is 0 Å². The van der Waals surface area contributed by atoms with Crippen molar-refractivity contribution in [3.63, 3.8) is 0 Å². The number of fused-ring (bicyclic) bond motifs is 2. The molecule has 2 unspecified atom stereocenters. The first-order valence-corrected chi connectivity index (χ1v) is 4.46. The Labute approximate surface area is 119 Å². The van der Waals surface area contributed by atoms with E-state index in [1.54, 1.807) is 0 Å². The van der Waals surface area contributed by atoms with Crippen molar-refractivity contribution in [1.82, 2.24) is 0 Å². The van der Waals surface area contributed by atoms with Crippen LogP contribution in [-0.4, -0.2) is 6.98 Å². The second-order valence-corrected chi connectivity index (χ2v) is 3.96. The van der Waals surface area contributed by atoms with Gasteiger partial charge in [-0.25, -0.2) is 0 Å². The van der Waals surface area contributed by atoms with Crippen LogP contribution in [0.5, 0.6) is 0 Å². The van der Waals surface area contributed by atoms with E-state index in [2.05, 4.69) is 0 Å². The van der Waals surface area contributed by atoms with Crippen LogP contribution in [-0.2, 0) is 0 Å². The zero-order valence-electron chi connectivity index (χ0n) is 7.77. The molecule has 1 saturated carbocycles. The fourth-order valence-electron chi connectivity index (χ4n) is 2.40. The molecule has 0 aromatic rings. The summed E-state index contributed by atoms with van der Waals surface area (Å²) < 4.78 is 36.9. The van der Waals surface area contributed by atoms with E-state index in [4.69, 9.17) is 0 Å². The molecular formula is C8H11BF3K. The Hall–Kier alpha value is 1.23. The van der Waals surface area contributed by atoms with Gasteiger partial charge in [-0.05, 0) is 31.1 Å². The molecule has 0 aliphatic heterocycles. The summed E-state index contributed by atoms with van der Waals surface area (Å²) in [4.78, 5) is 0. The van der Waals surface area contributed by atoms with E-state index in [1.807, 2.05) is 0 Å². The van der Waals surface area contributed by atoms with Crippen molar-refractivity contribution >= 4 is 6.98 Å². The normalized spacial score (nSPS) is 32.4. The van der Waals surface area contributed by atoms with Gasteiger partial charge >= 0.3 is 58.4 Å². The van der Waals surface area contributed by atoms with Crippen LogP contribution < -0.4 is 51.4 Å². The molecule has 2 bridgehead atoms. The topological polar surface area (TPSA) is 0 Å². The summed E-state index contributed by atoms with van der Waals surface area (Å²) in [5.74, 6) is 0.570. The third-order valence-corrected chi connectivity index (χ3v) is 2.98. The number of hydrogen-bond acceptors (Lipinski definition) is 0. The molecule has 0 aromatic heterocycles. The summed E-state index contributed by atoms with van der Waals surface area (Å²) in [6.07, 6.45) is 4.73. The second-order valence-electron chi connectivity index (χ2n) is 3.96. The maximum atomic E-state index is 12.3. The molecule has 0 saturated heterocycles. The van der Waals surface area contributed by atoms with Crippen LogP contribution in [0, 0.1) is 11.8 Å². The van der Waals surface area contributed by atoms with Gasteiger partial charge in [0.1, 0.15) is 0 Å². The van der Waals surface area contributed by atoms with Crippen LogP contribution in [0.4, 0.5) is 12.9 Å². The van der Waals surface area contributed by atoms with Crippen molar-refractivity contribution in [1.29, 1.82) is 0 Å². The van der Waals surface area contributed by atoms with Crippen molar-refractivity contribution in [3.05, 3.63) is 11.5 Å². The summed E-state index contributed by atoms with van der Waals surface area (Å²) in [6.45, 7) is -4.68. The number of hydrogen-bond donors (Lipinski definition) is 0. The molecule has 1 fully saturated rings. The van der Waals surface area contributed by atoms with Gasteiger partial charge in [0, 0.05) is 0 Å². The van der Waals surface area contributed by atoms with E-state index in [0.717, 1.165) is 19.3 Å². The number of halogens is 3. The fraction of sp³-hybridized carbons (Fsp3) is 0.750. The zero-order valence-corrected chi connectivity index (χ0v) is 10.9. The third kappa shape index (κ3) is 2.84. The predicted molar refractivity (Wildman–Crippen MR) is 42.6 cm³/mol. The van der Waals surface area contributed by atoms with Gasteiger partial charge in [0.05, 0.1) is 0 Å². The summed E-state index contributed by atoms with van der Waals surface area (Å²) in [5.41, 5.74) is -0.214.